The van der Waals surface area contributed by atoms with E-state index in [0.717, 1.165) is 81.5 Å². The number of hydrogen-bond acceptors (Lipinski definition) is 2. The summed E-state index contributed by atoms with van der Waals surface area (Å²) in [5.41, 5.74) is 24.5. The van der Waals surface area contributed by atoms with Crippen molar-refractivity contribution in [3.05, 3.63) is 272 Å². The maximum absolute atomic E-state index is 4.12. The van der Waals surface area contributed by atoms with Crippen LogP contribution in [0.15, 0.2) is 221 Å². The van der Waals surface area contributed by atoms with Gasteiger partial charge in [-0.05, 0) is 218 Å². The molecular weight excluding hydrogens is 1100 g/mol. The van der Waals surface area contributed by atoms with Crippen molar-refractivity contribution in [1.29, 1.82) is 0 Å². The van der Waals surface area contributed by atoms with Gasteiger partial charge >= 0.3 is 0 Å². The Morgan fingerprint density at radius 3 is 1.31 bits per heavy atom. The topological polar surface area (TPSA) is 6.48 Å². The van der Waals surface area contributed by atoms with E-state index >= 15 is 0 Å². The Bertz CT molecular complexity index is 3670. The second-order valence-corrected chi connectivity index (χ2v) is 26.5. The SMILES string of the molecule is C=CC1=CC=C(N(c2ccc(C(C)(C)C)cc2)c2ccc(C3(c4ccc(N(c5ccc(C=C)cc5)c5ccc(C(C)(C)C)cc5)cc4)c4cc(Br)ccc4-c4cc5c(cc43)-c3ccc(Br)cc3C5(CCCC)CCCC)cc2)CC1. The Balaban J connectivity index is 1.15. The van der Waals surface area contributed by atoms with E-state index in [9.17, 15) is 0 Å². The highest BCUT2D eigenvalue weighted by Gasteiger charge is 2.50. The Morgan fingerprint density at radius 1 is 0.450 bits per heavy atom. The first-order valence-electron chi connectivity index (χ1n) is 29.1. The predicted octanol–water partition coefficient (Wildman–Crippen LogP) is 22.9. The van der Waals surface area contributed by atoms with Crippen LogP contribution >= 0.6 is 31.9 Å². The molecule has 8 aromatic carbocycles. The van der Waals surface area contributed by atoms with Crippen molar-refractivity contribution in [3.8, 4) is 22.3 Å². The third kappa shape index (κ3) is 9.83. The largest absolute Gasteiger partial charge is 0.314 e. The summed E-state index contributed by atoms with van der Waals surface area (Å²) in [5, 5.41) is 0. The number of halogens is 2. The van der Waals surface area contributed by atoms with Crippen molar-refractivity contribution in [2.75, 3.05) is 9.80 Å². The average Bonchev–Trinajstić information content (AvgIpc) is 3.89. The summed E-state index contributed by atoms with van der Waals surface area (Å²) in [6, 6.07) is 65.7. The number of unbranched alkanes of at least 4 members (excludes halogenated alkanes) is 2. The maximum atomic E-state index is 4.12. The number of anilines is 5. The zero-order valence-corrected chi connectivity index (χ0v) is 51.4. The standard InChI is InChI=1S/C76H76Br2N2/c1-11-15-45-75(46-16-12-2)69-47-57(77)29-43-65(69)67-50-72-68(49-70(67)75)66-44-30-58(78)48-71(66)76(72,55-25-39-63(40-26-55)79(59-31-17-51(13-3)18-32-59)61-35-21-53(22-36-61)73(5,6)7)56-27-41-64(42-28-56)80(60-33-19-52(14-4)20-34-60)62-37-23-54(24-38-62)74(8,9)10/h13-14,17-19,21-33,35-44,47-50H,3-4,11-12,15-16,20,34,45-46H2,1-2,5-10H3. The smallest absolute Gasteiger partial charge is 0.0714 e. The van der Waals surface area contributed by atoms with Crippen molar-refractivity contribution in [2.24, 2.45) is 0 Å². The second kappa shape index (κ2) is 22.0. The van der Waals surface area contributed by atoms with Crippen molar-refractivity contribution < 1.29 is 0 Å². The first-order chi connectivity index (χ1) is 38.5. The van der Waals surface area contributed by atoms with E-state index < -0.39 is 5.41 Å². The molecule has 4 heteroatoms. The van der Waals surface area contributed by atoms with Crippen LogP contribution < -0.4 is 9.80 Å². The molecule has 2 nitrogen and oxygen atoms in total. The molecule has 3 aliphatic rings. The summed E-state index contributed by atoms with van der Waals surface area (Å²) < 4.78 is 2.22. The molecule has 1 unspecified atom stereocenters. The van der Waals surface area contributed by atoms with E-state index in [0.29, 0.717) is 0 Å². The third-order valence-electron chi connectivity index (χ3n) is 17.7. The fourth-order valence-corrected chi connectivity index (χ4v) is 14.0. The monoisotopic (exact) mass is 1170 g/mol. The molecule has 80 heavy (non-hydrogen) atoms. The Labute approximate surface area is 495 Å². The van der Waals surface area contributed by atoms with E-state index in [1.54, 1.807) is 0 Å². The number of allylic oxidation sites excluding steroid dienone is 5. The van der Waals surface area contributed by atoms with Gasteiger partial charge in [-0.3, -0.25) is 0 Å². The number of nitrogens with zero attached hydrogens (tertiary/aromatic N) is 2. The van der Waals surface area contributed by atoms with Gasteiger partial charge in [-0.15, -0.1) is 0 Å². The fourth-order valence-electron chi connectivity index (χ4n) is 13.3. The zero-order valence-electron chi connectivity index (χ0n) is 48.2. The highest BCUT2D eigenvalue weighted by molar-refractivity contribution is 9.10. The molecule has 404 valence electrons. The molecule has 0 amide bonds. The van der Waals surface area contributed by atoms with E-state index in [-0.39, 0.29) is 16.2 Å². The molecule has 0 saturated heterocycles. The molecule has 0 saturated carbocycles. The third-order valence-corrected chi connectivity index (χ3v) is 18.6. The van der Waals surface area contributed by atoms with Crippen LogP contribution in [0.3, 0.4) is 0 Å². The number of hydrogen-bond donors (Lipinski definition) is 0. The lowest BCUT2D eigenvalue weighted by Gasteiger charge is -2.36. The van der Waals surface area contributed by atoms with E-state index in [1.807, 2.05) is 12.2 Å². The molecule has 0 heterocycles. The second-order valence-electron chi connectivity index (χ2n) is 24.6. The van der Waals surface area contributed by atoms with Crippen LogP contribution in [0, 0.1) is 0 Å². The molecule has 0 aliphatic heterocycles. The minimum absolute atomic E-state index is 0.0352. The van der Waals surface area contributed by atoms with Crippen molar-refractivity contribution in [1.82, 2.24) is 0 Å². The molecule has 0 spiro atoms. The Kier molecular flexibility index (Phi) is 15.2. The lowest BCUT2D eigenvalue weighted by atomic mass is 9.66. The fraction of sp³-hybridized carbons (Fsp3) is 0.263. The first-order valence-corrected chi connectivity index (χ1v) is 30.7. The Morgan fingerprint density at radius 2 is 0.863 bits per heavy atom. The summed E-state index contributed by atoms with van der Waals surface area (Å²) in [4.78, 5) is 4.86. The number of rotatable bonds is 16. The lowest BCUT2D eigenvalue weighted by molar-refractivity contribution is 0.414. The van der Waals surface area contributed by atoms with E-state index in [2.05, 4.69) is 292 Å². The molecule has 1 atom stereocenters. The molecule has 3 aliphatic carbocycles. The summed E-state index contributed by atoms with van der Waals surface area (Å²) in [7, 11) is 0. The molecule has 0 N–H and O–H groups in total. The molecule has 0 radical (unpaired) electrons. The predicted molar refractivity (Wildman–Crippen MR) is 351 cm³/mol. The summed E-state index contributed by atoms with van der Waals surface area (Å²) in [5.74, 6) is 0. The molecule has 0 bridgehead atoms. The van der Waals surface area contributed by atoms with E-state index in [1.165, 1.54) is 90.9 Å². The van der Waals surface area contributed by atoms with E-state index in [4.69, 9.17) is 0 Å². The highest BCUT2D eigenvalue weighted by Crippen LogP contribution is 2.62. The normalized spacial score (nSPS) is 16.0. The number of fused-ring (bicyclic) bond motifs is 6. The highest BCUT2D eigenvalue weighted by atomic mass is 79.9. The van der Waals surface area contributed by atoms with Gasteiger partial charge in [0.1, 0.15) is 0 Å². The average molecular weight is 1180 g/mol. The minimum Gasteiger partial charge on any atom is -0.314 e. The van der Waals surface area contributed by atoms with Crippen molar-refractivity contribution in [2.45, 2.75) is 128 Å². The van der Waals surface area contributed by atoms with Gasteiger partial charge in [-0.2, -0.15) is 0 Å². The van der Waals surface area contributed by atoms with Gasteiger partial charge in [0.25, 0.3) is 0 Å². The summed E-state index contributed by atoms with van der Waals surface area (Å²) >= 11 is 8.03. The summed E-state index contributed by atoms with van der Waals surface area (Å²) in [6.45, 7) is 26.6. The van der Waals surface area contributed by atoms with Crippen LogP contribution in [-0.4, -0.2) is 0 Å². The Hall–Kier alpha value is -6.72. The van der Waals surface area contributed by atoms with Gasteiger partial charge in [-0.25, -0.2) is 0 Å². The molecular formula is C76H76Br2N2. The van der Waals surface area contributed by atoms with Crippen LogP contribution in [0.4, 0.5) is 28.4 Å². The molecule has 8 aromatic rings. The van der Waals surface area contributed by atoms with Gasteiger partial charge in [0.2, 0.25) is 0 Å². The van der Waals surface area contributed by atoms with Gasteiger partial charge in [0.15, 0.2) is 0 Å². The lowest BCUT2D eigenvalue weighted by Crippen LogP contribution is -2.29. The van der Waals surface area contributed by atoms with Gasteiger partial charge in [0.05, 0.1) is 5.41 Å². The van der Waals surface area contributed by atoms with Crippen LogP contribution in [0.1, 0.15) is 157 Å². The summed E-state index contributed by atoms with van der Waals surface area (Å²) in [6.07, 6.45) is 17.2. The molecule has 0 fully saturated rings. The quantitative estimate of drug-likeness (QED) is 0.0951. The van der Waals surface area contributed by atoms with Gasteiger partial charge in [0, 0.05) is 48.5 Å². The molecule has 11 rings (SSSR count). The molecule has 0 aromatic heterocycles. The van der Waals surface area contributed by atoms with Crippen molar-refractivity contribution in [3.63, 3.8) is 0 Å². The maximum Gasteiger partial charge on any atom is 0.0714 e. The van der Waals surface area contributed by atoms with Crippen LogP contribution in [-0.2, 0) is 21.7 Å². The van der Waals surface area contributed by atoms with Crippen LogP contribution in [0.25, 0.3) is 28.3 Å². The van der Waals surface area contributed by atoms with Gasteiger partial charge in [-0.1, -0.05) is 217 Å². The van der Waals surface area contributed by atoms with Gasteiger partial charge < -0.3 is 9.80 Å². The van der Waals surface area contributed by atoms with Crippen LogP contribution in [0.2, 0.25) is 0 Å². The van der Waals surface area contributed by atoms with Crippen LogP contribution in [0.5, 0.6) is 0 Å². The van der Waals surface area contributed by atoms with Crippen molar-refractivity contribution >= 4 is 66.4 Å². The minimum atomic E-state index is -0.691. The first kappa shape index (κ1) is 55.2. The number of benzene rings is 8. The zero-order chi connectivity index (χ0) is 56.1.